The number of rotatable bonds is 2. The molecule has 3 rings (SSSR count). The largest absolute Gasteiger partial charge is 0.497 e. The van der Waals surface area contributed by atoms with Gasteiger partial charge in [-0.2, -0.15) is 0 Å². The molecule has 0 bridgehead atoms. The second-order valence-corrected chi connectivity index (χ2v) is 3.72. The van der Waals surface area contributed by atoms with Gasteiger partial charge in [-0.15, -0.1) is 0 Å². The molecule has 2 saturated heterocycles. The lowest BCUT2D eigenvalue weighted by Gasteiger charge is -2.18. The SMILES string of the molecule is COc1cccc([C@H]2OOC[C@H]3O[C@@H]23)c1. The molecule has 0 amide bonds. The van der Waals surface area contributed by atoms with Gasteiger partial charge in [0, 0.05) is 0 Å². The molecule has 0 N–H and O–H groups in total. The minimum absolute atomic E-state index is 0.126. The van der Waals surface area contributed by atoms with Gasteiger partial charge in [0.2, 0.25) is 0 Å². The van der Waals surface area contributed by atoms with Crippen molar-refractivity contribution in [2.24, 2.45) is 0 Å². The summed E-state index contributed by atoms with van der Waals surface area (Å²) in [6.07, 6.45) is 0.222. The number of fused-ring (bicyclic) bond motifs is 1. The smallest absolute Gasteiger partial charge is 0.147 e. The molecule has 4 nitrogen and oxygen atoms in total. The highest BCUT2D eigenvalue weighted by Gasteiger charge is 2.50. The van der Waals surface area contributed by atoms with E-state index in [9.17, 15) is 0 Å². The molecule has 0 aromatic heterocycles. The summed E-state index contributed by atoms with van der Waals surface area (Å²) in [6, 6.07) is 7.76. The van der Waals surface area contributed by atoms with Crippen LogP contribution >= 0.6 is 0 Å². The predicted molar refractivity (Wildman–Crippen MR) is 51.4 cm³/mol. The van der Waals surface area contributed by atoms with Crippen molar-refractivity contribution in [1.82, 2.24) is 0 Å². The first-order chi connectivity index (χ1) is 7.38. The molecule has 0 spiro atoms. The number of hydrogen-bond donors (Lipinski definition) is 0. The Morgan fingerprint density at radius 1 is 1.40 bits per heavy atom. The Balaban J connectivity index is 1.85. The molecule has 3 atom stereocenters. The predicted octanol–water partition coefficient (Wildman–Crippen LogP) is 1.47. The molecule has 0 unspecified atom stereocenters. The molecule has 0 saturated carbocycles. The standard InChI is InChI=1S/C11H12O4/c1-12-8-4-2-3-7(5-8)10-11-9(14-11)6-13-15-10/h2-5,9-11H,6H2,1H3/t9-,10-,11-/m1/s1. The van der Waals surface area contributed by atoms with Crippen molar-refractivity contribution < 1.29 is 19.2 Å². The summed E-state index contributed by atoms with van der Waals surface area (Å²) in [5.41, 5.74) is 1.03. The average molecular weight is 208 g/mol. The van der Waals surface area contributed by atoms with Gasteiger partial charge in [0.15, 0.2) is 0 Å². The van der Waals surface area contributed by atoms with Crippen LogP contribution in [0.1, 0.15) is 11.7 Å². The van der Waals surface area contributed by atoms with E-state index >= 15 is 0 Å². The summed E-state index contributed by atoms with van der Waals surface area (Å²) in [5, 5.41) is 0. The number of methoxy groups -OCH3 is 1. The summed E-state index contributed by atoms with van der Waals surface area (Å²) in [5.74, 6) is 0.818. The lowest BCUT2D eigenvalue weighted by Crippen LogP contribution is -2.22. The Labute approximate surface area is 87.6 Å². The minimum Gasteiger partial charge on any atom is -0.497 e. The van der Waals surface area contributed by atoms with Gasteiger partial charge in [0.1, 0.15) is 30.7 Å². The molecule has 1 aromatic carbocycles. The molecule has 2 fully saturated rings. The molecule has 0 radical (unpaired) electrons. The zero-order valence-corrected chi connectivity index (χ0v) is 8.38. The van der Waals surface area contributed by atoms with Gasteiger partial charge < -0.3 is 9.47 Å². The third kappa shape index (κ3) is 1.61. The van der Waals surface area contributed by atoms with Crippen molar-refractivity contribution in [2.45, 2.75) is 18.3 Å². The molecule has 2 aliphatic rings. The molecule has 2 aliphatic heterocycles. The summed E-state index contributed by atoms with van der Waals surface area (Å²) in [6.45, 7) is 0.533. The average Bonchev–Trinajstić information content (AvgIpc) is 3.07. The lowest BCUT2D eigenvalue weighted by molar-refractivity contribution is -0.339. The second-order valence-electron chi connectivity index (χ2n) is 3.72. The van der Waals surface area contributed by atoms with Crippen LogP contribution in [-0.2, 0) is 14.5 Å². The zero-order chi connectivity index (χ0) is 10.3. The summed E-state index contributed by atoms with van der Waals surface area (Å²) < 4.78 is 10.6. The highest BCUT2D eigenvalue weighted by atomic mass is 17.2. The fourth-order valence-electron chi connectivity index (χ4n) is 1.86. The quantitative estimate of drug-likeness (QED) is 0.545. The number of benzene rings is 1. The lowest BCUT2D eigenvalue weighted by atomic mass is 10.0. The van der Waals surface area contributed by atoms with Crippen LogP contribution in [0.15, 0.2) is 24.3 Å². The zero-order valence-electron chi connectivity index (χ0n) is 8.38. The number of hydrogen-bond acceptors (Lipinski definition) is 4. The van der Waals surface area contributed by atoms with Gasteiger partial charge in [0.25, 0.3) is 0 Å². The van der Waals surface area contributed by atoms with E-state index in [0.29, 0.717) is 6.61 Å². The molecular weight excluding hydrogens is 196 g/mol. The fraction of sp³-hybridized carbons (Fsp3) is 0.455. The topological polar surface area (TPSA) is 40.2 Å². The summed E-state index contributed by atoms with van der Waals surface area (Å²) in [7, 11) is 1.65. The van der Waals surface area contributed by atoms with Crippen molar-refractivity contribution >= 4 is 0 Å². The maximum absolute atomic E-state index is 5.43. The van der Waals surface area contributed by atoms with Gasteiger partial charge in [-0.3, -0.25) is 0 Å². The van der Waals surface area contributed by atoms with E-state index in [2.05, 4.69) is 0 Å². The third-order valence-corrected chi connectivity index (χ3v) is 2.75. The van der Waals surface area contributed by atoms with Crippen molar-refractivity contribution in [1.29, 1.82) is 0 Å². The van der Waals surface area contributed by atoms with E-state index < -0.39 is 0 Å². The van der Waals surface area contributed by atoms with Crippen LogP contribution in [-0.4, -0.2) is 25.9 Å². The highest BCUT2D eigenvalue weighted by molar-refractivity contribution is 5.31. The highest BCUT2D eigenvalue weighted by Crippen LogP contribution is 2.41. The maximum Gasteiger partial charge on any atom is 0.147 e. The van der Waals surface area contributed by atoms with Crippen molar-refractivity contribution in [3.63, 3.8) is 0 Å². The van der Waals surface area contributed by atoms with Gasteiger partial charge in [-0.1, -0.05) is 12.1 Å². The Morgan fingerprint density at radius 3 is 3.20 bits per heavy atom. The Bertz CT molecular complexity index is 365. The molecule has 4 heteroatoms. The maximum atomic E-state index is 5.43. The molecular formula is C11H12O4. The first-order valence-corrected chi connectivity index (χ1v) is 4.96. The van der Waals surface area contributed by atoms with Crippen LogP contribution in [0, 0.1) is 0 Å². The first kappa shape index (κ1) is 9.15. The molecule has 15 heavy (non-hydrogen) atoms. The van der Waals surface area contributed by atoms with Crippen LogP contribution in [0.2, 0.25) is 0 Å². The van der Waals surface area contributed by atoms with Crippen LogP contribution in [0.5, 0.6) is 5.75 Å². The van der Waals surface area contributed by atoms with Gasteiger partial charge >= 0.3 is 0 Å². The van der Waals surface area contributed by atoms with Crippen LogP contribution in [0.4, 0.5) is 0 Å². The summed E-state index contributed by atoms with van der Waals surface area (Å²) in [4.78, 5) is 10.2. The van der Waals surface area contributed by atoms with E-state index in [4.69, 9.17) is 19.2 Å². The Morgan fingerprint density at radius 2 is 2.33 bits per heavy atom. The first-order valence-electron chi connectivity index (χ1n) is 4.96. The van der Waals surface area contributed by atoms with Crippen molar-refractivity contribution in [3.8, 4) is 5.75 Å². The number of ether oxygens (including phenoxy) is 2. The van der Waals surface area contributed by atoms with E-state index in [1.807, 2.05) is 24.3 Å². The van der Waals surface area contributed by atoms with E-state index in [1.165, 1.54) is 0 Å². The summed E-state index contributed by atoms with van der Waals surface area (Å²) >= 11 is 0. The van der Waals surface area contributed by atoms with Gasteiger partial charge in [-0.05, 0) is 17.7 Å². The van der Waals surface area contributed by atoms with E-state index in [-0.39, 0.29) is 18.3 Å². The minimum atomic E-state index is -0.126. The van der Waals surface area contributed by atoms with Crippen molar-refractivity contribution in [3.05, 3.63) is 29.8 Å². The molecule has 1 aromatic rings. The number of epoxide rings is 1. The molecule has 80 valence electrons. The normalized spacial score (nSPS) is 33.3. The van der Waals surface area contributed by atoms with Crippen LogP contribution in [0.3, 0.4) is 0 Å². The van der Waals surface area contributed by atoms with Crippen molar-refractivity contribution in [2.75, 3.05) is 13.7 Å². The Hall–Kier alpha value is -1.10. The Kier molecular flexibility index (Phi) is 2.12. The van der Waals surface area contributed by atoms with E-state index in [0.717, 1.165) is 11.3 Å². The van der Waals surface area contributed by atoms with E-state index in [1.54, 1.807) is 7.11 Å². The van der Waals surface area contributed by atoms with Gasteiger partial charge in [-0.25, -0.2) is 9.78 Å². The van der Waals surface area contributed by atoms with Gasteiger partial charge in [0.05, 0.1) is 7.11 Å². The van der Waals surface area contributed by atoms with Crippen LogP contribution in [0.25, 0.3) is 0 Å². The van der Waals surface area contributed by atoms with Crippen LogP contribution < -0.4 is 4.74 Å². The molecule has 0 aliphatic carbocycles. The third-order valence-electron chi connectivity index (χ3n) is 2.75. The fourth-order valence-corrected chi connectivity index (χ4v) is 1.86. The molecule has 2 heterocycles. The second kappa shape index (κ2) is 3.48. The monoisotopic (exact) mass is 208 g/mol.